The summed E-state index contributed by atoms with van der Waals surface area (Å²) < 4.78 is 20.7. The summed E-state index contributed by atoms with van der Waals surface area (Å²) in [6.07, 6.45) is 1.91. The number of anilines is 2. The Kier molecular flexibility index (Phi) is 4.86. The molecular weight excluding hydrogens is 459 g/mol. The van der Waals surface area contributed by atoms with Crippen molar-refractivity contribution in [3.63, 3.8) is 0 Å². The smallest absolute Gasteiger partial charge is 0.260 e. The van der Waals surface area contributed by atoms with Crippen LogP contribution >= 0.6 is 0 Å². The summed E-state index contributed by atoms with van der Waals surface area (Å²) in [4.78, 5) is 44.5. The molecule has 0 N–H and O–H groups in total. The van der Waals surface area contributed by atoms with E-state index in [1.807, 2.05) is 32.0 Å². The van der Waals surface area contributed by atoms with E-state index < -0.39 is 29.4 Å². The van der Waals surface area contributed by atoms with Gasteiger partial charge in [-0.25, -0.2) is 4.39 Å². The molecule has 3 aliphatic heterocycles. The molecule has 3 aromatic carbocycles. The summed E-state index contributed by atoms with van der Waals surface area (Å²) in [7, 11) is 0. The van der Waals surface area contributed by atoms with Gasteiger partial charge in [0.1, 0.15) is 17.5 Å². The van der Waals surface area contributed by atoms with E-state index in [4.69, 9.17) is 4.74 Å². The van der Waals surface area contributed by atoms with Gasteiger partial charge in [-0.1, -0.05) is 36.4 Å². The maximum atomic E-state index is 14.6. The zero-order chi connectivity index (χ0) is 25.2. The van der Waals surface area contributed by atoms with Crippen molar-refractivity contribution in [1.29, 1.82) is 0 Å². The van der Waals surface area contributed by atoms with Gasteiger partial charge in [0.15, 0.2) is 23.3 Å². The zero-order valence-corrected chi connectivity index (χ0v) is 19.8. The number of ketones is 2. The second-order valence-corrected chi connectivity index (χ2v) is 9.45. The van der Waals surface area contributed by atoms with Crippen molar-refractivity contribution in [3.05, 3.63) is 101 Å². The lowest BCUT2D eigenvalue weighted by atomic mass is 9.75. The van der Waals surface area contributed by atoms with Gasteiger partial charge in [-0.3, -0.25) is 19.3 Å². The molecule has 3 heterocycles. The van der Waals surface area contributed by atoms with Crippen LogP contribution in [0.25, 0.3) is 0 Å². The molecule has 36 heavy (non-hydrogen) atoms. The van der Waals surface area contributed by atoms with Gasteiger partial charge in [0.2, 0.25) is 0 Å². The molecule has 3 aliphatic rings. The highest BCUT2D eigenvalue weighted by Crippen LogP contribution is 2.51. The van der Waals surface area contributed by atoms with Crippen LogP contribution in [0.2, 0.25) is 0 Å². The first kappa shape index (κ1) is 22.2. The van der Waals surface area contributed by atoms with Gasteiger partial charge < -0.3 is 9.64 Å². The number of fused-ring (bicyclic) bond motifs is 3. The van der Waals surface area contributed by atoms with Crippen LogP contribution < -0.4 is 14.5 Å². The first-order chi connectivity index (χ1) is 17.3. The van der Waals surface area contributed by atoms with E-state index in [1.165, 1.54) is 30.4 Å². The first-order valence-electron chi connectivity index (χ1n) is 11.8. The Labute approximate surface area is 207 Å². The third-order valence-corrected chi connectivity index (χ3v) is 7.34. The van der Waals surface area contributed by atoms with E-state index in [1.54, 1.807) is 40.1 Å². The Hall–Kier alpha value is -4.26. The number of carbonyl (C=O) groups excluding carboxylic acids is 3. The molecule has 1 amide bonds. The van der Waals surface area contributed by atoms with Crippen molar-refractivity contribution in [2.45, 2.75) is 25.6 Å². The average Bonchev–Trinajstić information content (AvgIpc) is 3.09. The average molecular weight is 483 g/mol. The number of carbonyl (C=O) groups is 3. The second kappa shape index (κ2) is 7.88. The first-order valence-corrected chi connectivity index (χ1v) is 11.8. The highest BCUT2D eigenvalue weighted by molar-refractivity contribution is 6.18. The summed E-state index contributed by atoms with van der Waals surface area (Å²) in [5, 5.41) is 0. The second-order valence-electron chi connectivity index (χ2n) is 9.45. The zero-order valence-electron chi connectivity index (χ0n) is 19.8. The molecule has 6 rings (SSSR count). The van der Waals surface area contributed by atoms with Crippen molar-refractivity contribution >= 4 is 28.8 Å². The number of ether oxygens (including phenoxy) is 1. The number of Topliss-reactive ketones (excluding diaryl/α,β-unsaturated/α-hetero) is 1. The standard InChI is InChI=1S/C29H23FN2O4/c1-17-7-5-8-18(2)25(17)32-27-24(26(34)22-11-3-4-12-23(22)36-27)29(28(32)35)14-13-21(33)16-31(29)20-10-6-9-19(30)15-20/h3-15,24,27H,16H2,1-2H3. The molecule has 0 aromatic heterocycles. The molecule has 1 spiro atoms. The van der Waals surface area contributed by atoms with Crippen molar-refractivity contribution in [2.75, 3.05) is 16.3 Å². The molecule has 7 heteroatoms. The van der Waals surface area contributed by atoms with Gasteiger partial charge in [-0.05, 0) is 67.5 Å². The number of halogens is 1. The highest BCUT2D eigenvalue weighted by atomic mass is 19.1. The topological polar surface area (TPSA) is 66.9 Å². The van der Waals surface area contributed by atoms with Crippen LogP contribution in [0.15, 0.2) is 78.9 Å². The minimum Gasteiger partial charge on any atom is -0.468 e. The molecular formula is C29H23FN2O4. The van der Waals surface area contributed by atoms with Crippen LogP contribution in [-0.2, 0) is 9.59 Å². The lowest BCUT2D eigenvalue weighted by Gasteiger charge is -2.44. The summed E-state index contributed by atoms with van der Waals surface area (Å²) >= 11 is 0. The fraction of sp³-hybridized carbons (Fsp3) is 0.207. The molecule has 1 fully saturated rings. The summed E-state index contributed by atoms with van der Waals surface area (Å²) in [6.45, 7) is 3.63. The van der Waals surface area contributed by atoms with Gasteiger partial charge in [-0.2, -0.15) is 0 Å². The Morgan fingerprint density at radius 3 is 2.42 bits per heavy atom. The van der Waals surface area contributed by atoms with Crippen LogP contribution in [0.4, 0.5) is 15.8 Å². The minimum atomic E-state index is -1.58. The number of rotatable bonds is 2. The normalized spacial score (nSPS) is 24.7. The van der Waals surface area contributed by atoms with Crippen LogP contribution in [0.5, 0.6) is 5.75 Å². The van der Waals surface area contributed by atoms with E-state index >= 15 is 0 Å². The van der Waals surface area contributed by atoms with E-state index in [0.29, 0.717) is 22.7 Å². The fourth-order valence-corrected chi connectivity index (χ4v) is 5.80. The van der Waals surface area contributed by atoms with Crippen molar-refractivity contribution < 1.29 is 23.5 Å². The van der Waals surface area contributed by atoms with Crippen LogP contribution in [0, 0.1) is 25.6 Å². The number of para-hydroxylation sites is 2. The van der Waals surface area contributed by atoms with Crippen molar-refractivity contribution in [3.8, 4) is 5.75 Å². The van der Waals surface area contributed by atoms with Gasteiger partial charge in [0, 0.05) is 5.69 Å². The summed E-state index contributed by atoms with van der Waals surface area (Å²) in [5.41, 5.74) is 1.50. The molecule has 0 radical (unpaired) electrons. The largest absolute Gasteiger partial charge is 0.468 e. The lowest BCUT2D eigenvalue weighted by Crippen LogP contribution is -2.62. The Morgan fingerprint density at radius 1 is 0.944 bits per heavy atom. The predicted octanol–water partition coefficient (Wildman–Crippen LogP) is 4.39. The lowest BCUT2D eigenvalue weighted by molar-refractivity contribution is -0.121. The number of aryl methyl sites for hydroxylation is 2. The van der Waals surface area contributed by atoms with E-state index in [9.17, 15) is 18.8 Å². The van der Waals surface area contributed by atoms with Crippen LogP contribution in [0.3, 0.4) is 0 Å². The third-order valence-electron chi connectivity index (χ3n) is 7.34. The predicted molar refractivity (Wildman–Crippen MR) is 133 cm³/mol. The van der Waals surface area contributed by atoms with E-state index in [0.717, 1.165) is 11.1 Å². The molecule has 0 aliphatic carbocycles. The van der Waals surface area contributed by atoms with Crippen molar-refractivity contribution in [1.82, 2.24) is 0 Å². The molecule has 1 saturated heterocycles. The SMILES string of the molecule is Cc1cccc(C)c1N1C(=O)C2(C=CC(=O)CN2c2cccc(F)c2)C2C(=O)c3ccccc3OC21. The Morgan fingerprint density at radius 2 is 1.67 bits per heavy atom. The molecule has 6 nitrogen and oxygen atoms in total. The Balaban J connectivity index is 1.64. The Bertz CT molecular complexity index is 1460. The minimum absolute atomic E-state index is 0.176. The van der Waals surface area contributed by atoms with Crippen LogP contribution in [-0.4, -0.2) is 35.8 Å². The molecule has 0 saturated carbocycles. The number of benzene rings is 3. The van der Waals surface area contributed by atoms with Gasteiger partial charge in [-0.15, -0.1) is 0 Å². The quantitative estimate of drug-likeness (QED) is 0.542. The number of amides is 1. The number of hydrogen-bond acceptors (Lipinski definition) is 5. The molecule has 3 unspecified atom stereocenters. The summed E-state index contributed by atoms with van der Waals surface area (Å²) in [5.74, 6) is -2.00. The van der Waals surface area contributed by atoms with Crippen molar-refractivity contribution in [2.24, 2.45) is 5.92 Å². The number of nitrogens with zero attached hydrogens (tertiary/aromatic N) is 2. The van der Waals surface area contributed by atoms with Gasteiger partial charge >= 0.3 is 0 Å². The maximum absolute atomic E-state index is 14.6. The van der Waals surface area contributed by atoms with Gasteiger partial charge in [0.25, 0.3) is 5.91 Å². The van der Waals surface area contributed by atoms with E-state index in [2.05, 4.69) is 0 Å². The molecule has 0 bridgehead atoms. The maximum Gasteiger partial charge on any atom is 0.260 e. The molecule has 180 valence electrons. The summed E-state index contributed by atoms with van der Waals surface area (Å²) in [6, 6.07) is 18.4. The van der Waals surface area contributed by atoms with Crippen LogP contribution in [0.1, 0.15) is 21.5 Å². The number of hydrogen-bond donors (Lipinski definition) is 0. The molecule has 3 atom stereocenters. The molecule has 3 aromatic rings. The highest BCUT2D eigenvalue weighted by Gasteiger charge is 2.68. The third kappa shape index (κ3) is 2.98. The monoisotopic (exact) mass is 482 g/mol. The van der Waals surface area contributed by atoms with E-state index in [-0.39, 0.29) is 18.1 Å². The van der Waals surface area contributed by atoms with Gasteiger partial charge in [0.05, 0.1) is 17.8 Å². The fourth-order valence-electron chi connectivity index (χ4n) is 5.80.